The average molecular weight is 456 g/mol. The molecular weight excluding hydrogens is 450 g/mol. The van der Waals surface area contributed by atoms with Gasteiger partial charge in [0.25, 0.3) is 0 Å². The van der Waals surface area contributed by atoms with E-state index in [0.717, 1.165) is 0 Å². The molecule has 0 aliphatic heterocycles. The predicted octanol–water partition coefficient (Wildman–Crippen LogP) is 5.84. The monoisotopic (exact) mass is 456 g/mol. The standard InChI is InChI=1S/C16H6BF13/c18-13(19,20)7-3-1-4-8(14(21,22)23)11(7)17(30)12-9(15(24,25)26)5-2-6-10(12)16(27,28)29/h1-6H. The van der Waals surface area contributed by atoms with E-state index in [1.54, 1.807) is 0 Å². The van der Waals surface area contributed by atoms with Crippen molar-refractivity contribution in [3.8, 4) is 0 Å². The quantitative estimate of drug-likeness (QED) is 0.394. The summed E-state index contributed by atoms with van der Waals surface area (Å²) in [6.07, 6.45) is -22.8. The maximum absolute atomic E-state index is 15.0. The molecule has 0 aliphatic carbocycles. The second-order valence-electron chi connectivity index (χ2n) is 5.89. The van der Waals surface area contributed by atoms with Crippen LogP contribution in [0.1, 0.15) is 22.3 Å². The third kappa shape index (κ3) is 4.67. The summed E-state index contributed by atoms with van der Waals surface area (Å²) >= 11 is 0. The van der Waals surface area contributed by atoms with E-state index in [2.05, 4.69) is 0 Å². The Morgan fingerprint density at radius 3 is 0.800 bits per heavy atom. The molecule has 2 aromatic rings. The lowest BCUT2D eigenvalue weighted by molar-refractivity contribution is -0.142. The Labute approximate surface area is 159 Å². The molecular formula is C16H6BF13. The minimum Gasteiger partial charge on any atom is -0.322 e. The lowest BCUT2D eigenvalue weighted by atomic mass is 9.53. The maximum Gasteiger partial charge on any atom is 0.416 e. The SMILES string of the molecule is FB(c1c(C(F)(F)F)cccc1C(F)(F)F)c1c(C(F)(F)F)cccc1C(F)(F)F. The van der Waals surface area contributed by atoms with Crippen LogP contribution < -0.4 is 10.9 Å². The van der Waals surface area contributed by atoms with Crippen molar-refractivity contribution >= 4 is 17.9 Å². The van der Waals surface area contributed by atoms with Crippen LogP contribution in [-0.2, 0) is 24.7 Å². The lowest BCUT2D eigenvalue weighted by Gasteiger charge is -2.24. The van der Waals surface area contributed by atoms with Gasteiger partial charge in [-0.3, -0.25) is 0 Å². The molecule has 0 unspecified atom stereocenters. The molecule has 164 valence electrons. The molecule has 0 atom stereocenters. The van der Waals surface area contributed by atoms with Crippen molar-refractivity contribution in [1.82, 2.24) is 0 Å². The number of halogens is 13. The van der Waals surface area contributed by atoms with Crippen LogP contribution in [0.25, 0.3) is 0 Å². The van der Waals surface area contributed by atoms with Crippen LogP contribution >= 0.6 is 0 Å². The highest BCUT2D eigenvalue weighted by molar-refractivity contribution is 6.81. The molecule has 2 aromatic carbocycles. The maximum atomic E-state index is 15.0. The zero-order chi connectivity index (χ0) is 23.3. The number of rotatable bonds is 2. The van der Waals surface area contributed by atoms with Gasteiger partial charge in [-0.1, -0.05) is 36.4 Å². The number of hydrogen-bond donors (Lipinski definition) is 0. The van der Waals surface area contributed by atoms with E-state index in [4.69, 9.17) is 0 Å². The zero-order valence-corrected chi connectivity index (χ0v) is 14.0. The minimum atomic E-state index is -5.70. The molecule has 0 radical (unpaired) electrons. The largest absolute Gasteiger partial charge is 0.416 e. The molecule has 30 heavy (non-hydrogen) atoms. The predicted molar refractivity (Wildman–Crippen MR) is 79.0 cm³/mol. The Morgan fingerprint density at radius 1 is 0.433 bits per heavy atom. The molecule has 14 heteroatoms. The molecule has 0 nitrogen and oxygen atoms in total. The van der Waals surface area contributed by atoms with Crippen LogP contribution in [0, 0.1) is 0 Å². The molecule has 0 bridgehead atoms. The van der Waals surface area contributed by atoms with Crippen molar-refractivity contribution in [2.45, 2.75) is 24.7 Å². The van der Waals surface area contributed by atoms with Gasteiger partial charge in [-0.05, 0) is 10.9 Å². The second kappa shape index (κ2) is 7.38. The molecule has 0 amide bonds. The lowest BCUT2D eigenvalue weighted by Crippen LogP contribution is -2.50. The van der Waals surface area contributed by atoms with Crippen LogP contribution in [-0.4, -0.2) is 6.99 Å². The van der Waals surface area contributed by atoms with Crippen molar-refractivity contribution in [1.29, 1.82) is 0 Å². The summed E-state index contributed by atoms with van der Waals surface area (Å²) in [5, 5.41) is 0. The fourth-order valence-corrected chi connectivity index (χ4v) is 2.81. The van der Waals surface area contributed by atoms with Gasteiger partial charge in [-0.15, -0.1) is 0 Å². The topological polar surface area (TPSA) is 0 Å². The molecule has 0 saturated heterocycles. The minimum absolute atomic E-state index is 0.0688. The molecule has 0 saturated carbocycles. The van der Waals surface area contributed by atoms with Crippen LogP contribution in [0.4, 0.5) is 57.0 Å². The molecule has 0 heterocycles. The third-order valence-electron chi connectivity index (χ3n) is 3.94. The van der Waals surface area contributed by atoms with Gasteiger partial charge < -0.3 is 4.32 Å². The first-order chi connectivity index (χ1) is 13.4. The Bertz CT molecular complexity index is 779. The molecule has 0 N–H and O–H groups in total. The first kappa shape index (κ1) is 23.9. The van der Waals surface area contributed by atoms with E-state index < -0.39 is 64.9 Å². The van der Waals surface area contributed by atoms with E-state index in [0.29, 0.717) is 0 Å². The van der Waals surface area contributed by atoms with Gasteiger partial charge >= 0.3 is 31.7 Å². The molecule has 0 spiro atoms. The van der Waals surface area contributed by atoms with Crippen molar-refractivity contribution < 1.29 is 57.0 Å². The van der Waals surface area contributed by atoms with E-state index >= 15 is 4.32 Å². The summed E-state index contributed by atoms with van der Waals surface area (Å²) in [6.45, 7) is -4.05. The van der Waals surface area contributed by atoms with Crippen molar-refractivity contribution in [2.24, 2.45) is 0 Å². The van der Waals surface area contributed by atoms with E-state index in [1.807, 2.05) is 0 Å². The number of benzene rings is 2. The fourth-order valence-electron chi connectivity index (χ4n) is 2.81. The van der Waals surface area contributed by atoms with Crippen LogP contribution in [0.3, 0.4) is 0 Å². The Morgan fingerprint density at radius 2 is 0.633 bits per heavy atom. The van der Waals surface area contributed by atoms with E-state index in [1.165, 1.54) is 0 Å². The zero-order valence-electron chi connectivity index (χ0n) is 14.0. The van der Waals surface area contributed by atoms with Crippen molar-refractivity contribution in [2.75, 3.05) is 0 Å². The van der Waals surface area contributed by atoms with E-state index in [9.17, 15) is 52.7 Å². The Kier molecular flexibility index (Phi) is 5.87. The normalized spacial score (nSPS) is 13.5. The van der Waals surface area contributed by atoms with Crippen LogP contribution in [0.5, 0.6) is 0 Å². The van der Waals surface area contributed by atoms with Crippen LogP contribution in [0.15, 0.2) is 36.4 Å². The van der Waals surface area contributed by atoms with Gasteiger partial charge in [0.2, 0.25) is 0 Å². The van der Waals surface area contributed by atoms with Gasteiger partial charge in [0, 0.05) is 0 Å². The highest BCUT2D eigenvalue weighted by Gasteiger charge is 2.50. The Balaban J connectivity index is 3.00. The van der Waals surface area contributed by atoms with Crippen molar-refractivity contribution in [3.63, 3.8) is 0 Å². The van der Waals surface area contributed by atoms with Gasteiger partial charge in [0.05, 0.1) is 22.3 Å². The first-order valence-corrected chi connectivity index (χ1v) is 7.55. The third-order valence-corrected chi connectivity index (χ3v) is 3.94. The summed E-state index contributed by atoms with van der Waals surface area (Å²) in [5.41, 5.74) is -14.2. The number of hydrogen-bond acceptors (Lipinski definition) is 0. The fraction of sp³-hybridized carbons (Fsp3) is 0.250. The van der Waals surface area contributed by atoms with Gasteiger partial charge in [0.15, 0.2) is 0 Å². The van der Waals surface area contributed by atoms with Gasteiger partial charge in [0.1, 0.15) is 0 Å². The summed E-state index contributed by atoms with van der Waals surface area (Å²) in [6, 6.07) is 0.146. The van der Waals surface area contributed by atoms with Gasteiger partial charge in [-0.2, -0.15) is 52.7 Å². The molecule has 2 rings (SSSR count). The average Bonchev–Trinajstić information content (AvgIpc) is 2.56. The molecule has 0 aromatic heterocycles. The smallest absolute Gasteiger partial charge is 0.322 e. The van der Waals surface area contributed by atoms with Crippen molar-refractivity contribution in [3.05, 3.63) is 58.7 Å². The highest BCUT2D eigenvalue weighted by atomic mass is 19.4. The van der Waals surface area contributed by atoms with E-state index in [-0.39, 0.29) is 36.4 Å². The number of alkyl halides is 12. The van der Waals surface area contributed by atoms with Gasteiger partial charge in [-0.25, -0.2) is 0 Å². The summed E-state index contributed by atoms with van der Waals surface area (Å²) in [4.78, 5) is 0. The molecule has 0 aliphatic rings. The summed E-state index contributed by atoms with van der Waals surface area (Å²) in [5.74, 6) is 0. The summed E-state index contributed by atoms with van der Waals surface area (Å²) < 4.78 is 173. The van der Waals surface area contributed by atoms with Crippen LogP contribution in [0.2, 0.25) is 0 Å². The molecule has 0 fully saturated rings. The summed E-state index contributed by atoms with van der Waals surface area (Å²) in [7, 11) is 0. The second-order valence-corrected chi connectivity index (χ2v) is 5.89. The first-order valence-electron chi connectivity index (χ1n) is 7.55. The highest BCUT2D eigenvalue weighted by Crippen LogP contribution is 2.37. The Hall–Kier alpha value is -2.41.